The van der Waals surface area contributed by atoms with Crippen molar-refractivity contribution in [3.8, 4) is 22.2 Å². The molecule has 9 nitrogen and oxygen atoms in total. The summed E-state index contributed by atoms with van der Waals surface area (Å²) in [5, 5.41) is 22.6. The molecule has 33 heavy (non-hydrogen) atoms. The van der Waals surface area contributed by atoms with Crippen LogP contribution in [0.5, 0.6) is 11.5 Å². The molecule has 5 rings (SSSR count). The second kappa shape index (κ2) is 9.12. The van der Waals surface area contributed by atoms with E-state index in [1.165, 1.54) is 21.1 Å². The lowest BCUT2D eigenvalue weighted by Gasteiger charge is -2.22. The van der Waals surface area contributed by atoms with E-state index in [-0.39, 0.29) is 18.5 Å². The minimum absolute atomic E-state index is 0.0661. The van der Waals surface area contributed by atoms with E-state index >= 15 is 0 Å². The number of hydrazone groups is 1. The highest BCUT2D eigenvalue weighted by Gasteiger charge is 2.34. The van der Waals surface area contributed by atoms with Gasteiger partial charge in [0, 0.05) is 6.42 Å². The molecule has 1 aromatic carbocycles. The van der Waals surface area contributed by atoms with Gasteiger partial charge in [-0.2, -0.15) is 9.90 Å². The quantitative estimate of drug-likeness (QED) is 0.399. The summed E-state index contributed by atoms with van der Waals surface area (Å²) < 4.78 is 10.8. The summed E-state index contributed by atoms with van der Waals surface area (Å²) in [6, 6.07) is 13.2. The van der Waals surface area contributed by atoms with Gasteiger partial charge < -0.3 is 9.47 Å². The standard InChI is InChI=1S/C22H20N6O3S2/c1-30-17-8-7-14(11-18(17)31-2)16-12-15(19-5-3-9-32-19)24-28(16)21(29)13-27-25-22(23-26-27)20-6-4-10-33-20/h3-11,16H,12-13H2,1-2H3/t16-/m1/s1. The maximum Gasteiger partial charge on any atom is 0.266 e. The third kappa shape index (κ3) is 4.24. The minimum Gasteiger partial charge on any atom is -0.493 e. The van der Waals surface area contributed by atoms with Crippen molar-refractivity contribution >= 4 is 34.3 Å². The lowest BCUT2D eigenvalue weighted by Crippen LogP contribution is -2.31. The molecule has 1 aliphatic rings. The fraction of sp³-hybridized carbons (Fsp3) is 0.227. The zero-order valence-corrected chi connectivity index (χ0v) is 19.5. The van der Waals surface area contributed by atoms with Crippen LogP contribution in [0.2, 0.25) is 0 Å². The molecule has 11 heteroatoms. The van der Waals surface area contributed by atoms with Gasteiger partial charge >= 0.3 is 0 Å². The van der Waals surface area contributed by atoms with Crippen LogP contribution in [0.4, 0.5) is 0 Å². The van der Waals surface area contributed by atoms with Crippen molar-refractivity contribution < 1.29 is 14.3 Å². The predicted octanol–water partition coefficient (Wildman–Crippen LogP) is 3.86. The molecule has 4 heterocycles. The zero-order valence-electron chi connectivity index (χ0n) is 17.9. The normalized spacial score (nSPS) is 15.5. The number of hydrogen-bond acceptors (Lipinski definition) is 9. The van der Waals surface area contributed by atoms with E-state index in [0.29, 0.717) is 23.7 Å². The molecule has 0 spiro atoms. The zero-order chi connectivity index (χ0) is 22.8. The number of benzene rings is 1. The molecule has 168 valence electrons. The molecule has 0 fully saturated rings. The van der Waals surface area contributed by atoms with E-state index in [4.69, 9.17) is 14.6 Å². The van der Waals surface area contributed by atoms with Crippen LogP contribution in [-0.2, 0) is 11.3 Å². The number of thiophene rings is 2. The van der Waals surface area contributed by atoms with Crippen molar-refractivity contribution in [3.63, 3.8) is 0 Å². The van der Waals surface area contributed by atoms with Crippen LogP contribution >= 0.6 is 22.7 Å². The van der Waals surface area contributed by atoms with E-state index in [2.05, 4.69) is 15.4 Å². The van der Waals surface area contributed by atoms with E-state index in [9.17, 15) is 4.79 Å². The van der Waals surface area contributed by atoms with Gasteiger partial charge in [0.05, 0.1) is 35.7 Å². The Balaban J connectivity index is 1.43. The number of amides is 1. The third-order valence-corrected chi connectivity index (χ3v) is 7.02. The summed E-state index contributed by atoms with van der Waals surface area (Å²) in [7, 11) is 3.19. The van der Waals surface area contributed by atoms with Crippen molar-refractivity contribution in [1.29, 1.82) is 0 Å². The smallest absolute Gasteiger partial charge is 0.266 e. The summed E-state index contributed by atoms with van der Waals surface area (Å²) in [6.07, 6.45) is 0.590. The molecule has 1 atom stereocenters. The molecule has 4 aromatic rings. The predicted molar refractivity (Wildman–Crippen MR) is 126 cm³/mol. The number of hydrogen-bond donors (Lipinski definition) is 0. The first-order valence-corrected chi connectivity index (χ1v) is 11.9. The SMILES string of the molecule is COc1ccc([C@H]2CC(c3cccs3)=NN2C(=O)Cn2nnc(-c3cccs3)n2)cc1OC. The van der Waals surface area contributed by atoms with Crippen LogP contribution in [0.3, 0.4) is 0 Å². The molecule has 0 saturated heterocycles. The Hall–Kier alpha value is -3.57. The molecular formula is C22H20N6O3S2. The van der Waals surface area contributed by atoms with Gasteiger partial charge in [0.2, 0.25) is 5.82 Å². The molecule has 0 aliphatic carbocycles. The van der Waals surface area contributed by atoms with Gasteiger partial charge in [-0.3, -0.25) is 4.79 Å². The number of nitrogens with zero attached hydrogens (tertiary/aromatic N) is 6. The van der Waals surface area contributed by atoms with Crippen LogP contribution in [0.25, 0.3) is 10.7 Å². The molecule has 0 unspecified atom stereocenters. The molecular weight excluding hydrogens is 460 g/mol. The summed E-state index contributed by atoms with van der Waals surface area (Å²) in [5.41, 5.74) is 1.77. The Kier molecular flexibility index (Phi) is 5.88. The lowest BCUT2D eigenvalue weighted by atomic mass is 10.0. The molecule has 0 saturated carbocycles. The average molecular weight is 481 g/mol. The number of rotatable bonds is 7. The van der Waals surface area contributed by atoms with Gasteiger partial charge in [-0.1, -0.05) is 18.2 Å². The molecule has 0 N–H and O–H groups in total. The molecule has 3 aromatic heterocycles. The van der Waals surface area contributed by atoms with Gasteiger partial charge in [-0.25, -0.2) is 5.01 Å². The topological polar surface area (TPSA) is 94.7 Å². The Morgan fingerprint density at radius 1 is 1.06 bits per heavy atom. The molecule has 0 bridgehead atoms. The van der Waals surface area contributed by atoms with E-state index in [0.717, 1.165) is 21.0 Å². The number of aromatic nitrogens is 4. The number of methoxy groups -OCH3 is 2. The summed E-state index contributed by atoms with van der Waals surface area (Å²) in [6.45, 7) is -0.0661. The van der Waals surface area contributed by atoms with Crippen molar-refractivity contribution in [3.05, 3.63) is 63.7 Å². The van der Waals surface area contributed by atoms with Crippen LogP contribution in [0, 0.1) is 0 Å². The number of carbonyl (C=O) groups is 1. The van der Waals surface area contributed by atoms with Gasteiger partial charge in [0.1, 0.15) is 6.54 Å². The minimum atomic E-state index is -0.283. The first-order chi connectivity index (χ1) is 16.2. The Bertz CT molecular complexity index is 1280. The van der Waals surface area contributed by atoms with E-state index in [1.807, 2.05) is 53.2 Å². The van der Waals surface area contributed by atoms with Crippen LogP contribution < -0.4 is 9.47 Å². The third-order valence-electron chi connectivity index (χ3n) is 5.23. The number of tetrazole rings is 1. The summed E-state index contributed by atoms with van der Waals surface area (Å²) in [5.74, 6) is 1.50. The van der Waals surface area contributed by atoms with Gasteiger partial charge in [0.25, 0.3) is 5.91 Å². The highest BCUT2D eigenvalue weighted by molar-refractivity contribution is 7.13. The molecule has 1 aliphatic heterocycles. The summed E-state index contributed by atoms with van der Waals surface area (Å²) >= 11 is 3.12. The Morgan fingerprint density at radius 3 is 2.52 bits per heavy atom. The van der Waals surface area contributed by atoms with Crippen LogP contribution in [-0.4, -0.2) is 51.1 Å². The van der Waals surface area contributed by atoms with Crippen LogP contribution in [0.1, 0.15) is 22.9 Å². The lowest BCUT2D eigenvalue weighted by molar-refractivity contribution is -0.134. The Morgan fingerprint density at radius 2 is 1.82 bits per heavy atom. The van der Waals surface area contributed by atoms with Gasteiger partial charge in [-0.15, -0.1) is 32.9 Å². The van der Waals surface area contributed by atoms with Gasteiger partial charge in [-0.05, 0) is 45.8 Å². The first-order valence-electron chi connectivity index (χ1n) is 10.1. The fourth-order valence-electron chi connectivity index (χ4n) is 3.66. The van der Waals surface area contributed by atoms with Crippen LogP contribution in [0.15, 0.2) is 58.3 Å². The number of ether oxygens (including phenoxy) is 2. The van der Waals surface area contributed by atoms with Crippen molar-refractivity contribution in [2.45, 2.75) is 19.0 Å². The second-order valence-corrected chi connectivity index (χ2v) is 9.11. The molecule has 1 amide bonds. The Labute approximate surface area is 197 Å². The van der Waals surface area contributed by atoms with E-state index < -0.39 is 0 Å². The first kappa shape index (κ1) is 21.3. The highest BCUT2D eigenvalue weighted by Crippen LogP contribution is 2.38. The van der Waals surface area contributed by atoms with Crippen molar-refractivity contribution in [1.82, 2.24) is 25.2 Å². The van der Waals surface area contributed by atoms with Crippen molar-refractivity contribution in [2.75, 3.05) is 14.2 Å². The highest BCUT2D eigenvalue weighted by atomic mass is 32.1. The largest absolute Gasteiger partial charge is 0.493 e. The van der Waals surface area contributed by atoms with E-state index in [1.54, 1.807) is 25.6 Å². The average Bonchev–Trinajstić information content (AvgIpc) is 3.63. The van der Waals surface area contributed by atoms with Gasteiger partial charge in [0.15, 0.2) is 11.5 Å². The molecule has 0 radical (unpaired) electrons. The second-order valence-electron chi connectivity index (χ2n) is 7.22. The summed E-state index contributed by atoms with van der Waals surface area (Å²) in [4.78, 5) is 16.6. The maximum atomic E-state index is 13.3. The number of carbonyl (C=O) groups excluding carboxylic acids is 1. The van der Waals surface area contributed by atoms with Crippen molar-refractivity contribution in [2.24, 2.45) is 5.10 Å². The maximum absolute atomic E-state index is 13.3. The monoisotopic (exact) mass is 480 g/mol. The fourth-order valence-corrected chi connectivity index (χ4v) is 5.03.